The standard InChI is InChI=1S/C18H17NO2/c1-21-16-7-8-17-14(12-16)10-11-19-18(17)9-4-13-2-5-15(20)6-3-13/h2-9,12,20H,10-11H2,1H3/p+1/b9-4+. The molecule has 3 rings (SSSR count). The van der Waals surface area contributed by atoms with Crippen molar-refractivity contribution in [1.29, 1.82) is 0 Å². The molecule has 0 bridgehead atoms. The molecule has 3 heteroatoms. The normalized spacial score (nSPS) is 13.9. The number of allylic oxidation sites excluding steroid dienone is 1. The second-order valence-electron chi connectivity index (χ2n) is 5.04. The van der Waals surface area contributed by atoms with Crippen LogP contribution in [0.5, 0.6) is 11.5 Å². The SMILES string of the molecule is COc1ccc2c(c1)CC[NH+]=C2/C=C/c1ccc(O)cc1. The van der Waals surface area contributed by atoms with Gasteiger partial charge in [-0.15, -0.1) is 0 Å². The van der Waals surface area contributed by atoms with Crippen LogP contribution in [-0.4, -0.2) is 24.5 Å². The van der Waals surface area contributed by atoms with Crippen LogP contribution in [0, 0.1) is 0 Å². The van der Waals surface area contributed by atoms with Gasteiger partial charge < -0.3 is 9.84 Å². The fourth-order valence-corrected chi connectivity index (χ4v) is 2.51. The van der Waals surface area contributed by atoms with Gasteiger partial charge in [0.1, 0.15) is 18.0 Å². The van der Waals surface area contributed by atoms with E-state index in [9.17, 15) is 5.11 Å². The molecule has 106 valence electrons. The first kappa shape index (κ1) is 13.4. The van der Waals surface area contributed by atoms with Crippen molar-refractivity contribution in [3.63, 3.8) is 0 Å². The van der Waals surface area contributed by atoms with Crippen molar-refractivity contribution < 1.29 is 14.8 Å². The van der Waals surface area contributed by atoms with E-state index in [4.69, 9.17) is 4.74 Å². The Labute approximate surface area is 124 Å². The van der Waals surface area contributed by atoms with E-state index in [1.807, 2.05) is 24.3 Å². The molecule has 0 saturated carbocycles. The van der Waals surface area contributed by atoms with Crippen LogP contribution in [0.1, 0.15) is 16.7 Å². The summed E-state index contributed by atoms with van der Waals surface area (Å²) in [6.07, 6.45) is 5.13. The molecular weight excluding hydrogens is 262 g/mol. The van der Waals surface area contributed by atoms with E-state index >= 15 is 0 Å². The highest BCUT2D eigenvalue weighted by Gasteiger charge is 2.17. The topological polar surface area (TPSA) is 43.4 Å². The lowest BCUT2D eigenvalue weighted by molar-refractivity contribution is -0.456. The van der Waals surface area contributed by atoms with Crippen molar-refractivity contribution in [2.24, 2.45) is 0 Å². The Bertz CT molecular complexity index is 700. The van der Waals surface area contributed by atoms with Crippen LogP contribution >= 0.6 is 0 Å². The first-order chi connectivity index (χ1) is 10.3. The fraction of sp³-hybridized carbons (Fsp3) is 0.167. The van der Waals surface area contributed by atoms with Gasteiger partial charge in [-0.3, -0.25) is 0 Å². The van der Waals surface area contributed by atoms with Crippen molar-refractivity contribution in [2.75, 3.05) is 13.7 Å². The van der Waals surface area contributed by atoms with E-state index in [1.165, 1.54) is 11.1 Å². The summed E-state index contributed by atoms with van der Waals surface area (Å²) in [6, 6.07) is 13.4. The Morgan fingerprint density at radius 2 is 1.90 bits per heavy atom. The van der Waals surface area contributed by atoms with Gasteiger partial charge in [0.15, 0.2) is 0 Å². The molecule has 0 saturated heterocycles. The van der Waals surface area contributed by atoms with E-state index in [2.05, 4.69) is 23.2 Å². The third-order valence-electron chi connectivity index (χ3n) is 3.65. The van der Waals surface area contributed by atoms with E-state index in [0.29, 0.717) is 0 Å². The molecule has 21 heavy (non-hydrogen) atoms. The lowest BCUT2D eigenvalue weighted by Crippen LogP contribution is -2.75. The van der Waals surface area contributed by atoms with Gasteiger partial charge >= 0.3 is 0 Å². The second kappa shape index (κ2) is 5.83. The highest BCUT2D eigenvalue weighted by molar-refractivity contribution is 6.08. The molecule has 1 aliphatic rings. The summed E-state index contributed by atoms with van der Waals surface area (Å²) in [6.45, 7) is 0.926. The maximum Gasteiger partial charge on any atom is 0.205 e. The predicted molar refractivity (Wildman–Crippen MR) is 83.8 cm³/mol. The van der Waals surface area contributed by atoms with Gasteiger partial charge in [0, 0.05) is 18.1 Å². The summed E-state index contributed by atoms with van der Waals surface area (Å²) >= 11 is 0. The number of benzene rings is 2. The van der Waals surface area contributed by atoms with Crippen LogP contribution in [-0.2, 0) is 6.42 Å². The van der Waals surface area contributed by atoms with Crippen molar-refractivity contribution in [3.05, 3.63) is 65.2 Å². The number of hydrogen-bond acceptors (Lipinski definition) is 2. The van der Waals surface area contributed by atoms with Gasteiger partial charge in [0.05, 0.1) is 7.11 Å². The van der Waals surface area contributed by atoms with Gasteiger partial charge in [-0.25, -0.2) is 4.99 Å². The summed E-state index contributed by atoms with van der Waals surface area (Å²) in [7, 11) is 1.69. The second-order valence-corrected chi connectivity index (χ2v) is 5.04. The molecule has 0 fully saturated rings. The Morgan fingerprint density at radius 1 is 1.10 bits per heavy atom. The first-order valence-corrected chi connectivity index (χ1v) is 7.01. The third kappa shape index (κ3) is 2.97. The number of hydrogen-bond donors (Lipinski definition) is 2. The van der Waals surface area contributed by atoms with Gasteiger partial charge in [-0.05, 0) is 47.5 Å². The number of fused-ring (bicyclic) bond motifs is 1. The number of phenols is 1. The van der Waals surface area contributed by atoms with Gasteiger partial charge in [0.25, 0.3) is 0 Å². The predicted octanol–water partition coefficient (Wildman–Crippen LogP) is 1.54. The lowest BCUT2D eigenvalue weighted by Gasteiger charge is -2.11. The van der Waals surface area contributed by atoms with Crippen molar-refractivity contribution in [1.82, 2.24) is 0 Å². The quantitative estimate of drug-likeness (QED) is 0.895. The maximum absolute atomic E-state index is 9.30. The van der Waals surface area contributed by atoms with Gasteiger partial charge in [-0.2, -0.15) is 0 Å². The maximum atomic E-state index is 9.30. The summed E-state index contributed by atoms with van der Waals surface area (Å²) in [5.74, 6) is 1.19. The molecule has 0 amide bonds. The molecule has 1 heterocycles. The number of nitrogens with one attached hydrogen (secondary N) is 1. The molecule has 0 aliphatic carbocycles. The van der Waals surface area contributed by atoms with Crippen LogP contribution in [0.3, 0.4) is 0 Å². The highest BCUT2D eigenvalue weighted by atomic mass is 16.5. The van der Waals surface area contributed by atoms with Gasteiger partial charge in [0.2, 0.25) is 5.71 Å². The largest absolute Gasteiger partial charge is 0.508 e. The smallest absolute Gasteiger partial charge is 0.205 e. The number of ether oxygens (including phenoxy) is 1. The van der Waals surface area contributed by atoms with Gasteiger partial charge in [-0.1, -0.05) is 12.1 Å². The van der Waals surface area contributed by atoms with Crippen molar-refractivity contribution in [3.8, 4) is 11.5 Å². The third-order valence-corrected chi connectivity index (χ3v) is 3.65. The van der Waals surface area contributed by atoms with Crippen LogP contribution < -0.4 is 9.73 Å². The summed E-state index contributed by atoms with van der Waals surface area (Å²) in [4.78, 5) is 3.43. The zero-order chi connectivity index (χ0) is 14.7. The molecule has 3 nitrogen and oxygen atoms in total. The van der Waals surface area contributed by atoms with E-state index in [0.717, 1.165) is 30.0 Å². The van der Waals surface area contributed by atoms with Crippen LogP contribution in [0.25, 0.3) is 6.08 Å². The number of aromatic hydroxyl groups is 1. The number of rotatable bonds is 3. The Morgan fingerprint density at radius 3 is 2.67 bits per heavy atom. The molecule has 0 spiro atoms. The Hall–Kier alpha value is -2.55. The molecule has 2 N–H and O–H groups in total. The highest BCUT2D eigenvalue weighted by Crippen LogP contribution is 2.20. The molecule has 1 aliphatic heterocycles. The van der Waals surface area contributed by atoms with Crippen molar-refractivity contribution >= 4 is 11.8 Å². The molecule has 2 aromatic rings. The minimum atomic E-state index is 0.285. The fourth-order valence-electron chi connectivity index (χ4n) is 2.51. The van der Waals surface area contributed by atoms with E-state index in [-0.39, 0.29) is 5.75 Å². The molecule has 2 aromatic carbocycles. The molecule has 0 aromatic heterocycles. The average molecular weight is 280 g/mol. The number of methoxy groups -OCH3 is 1. The van der Waals surface area contributed by atoms with Crippen LogP contribution in [0.4, 0.5) is 0 Å². The van der Waals surface area contributed by atoms with Crippen LogP contribution in [0.15, 0.2) is 48.5 Å². The molecule has 0 radical (unpaired) electrons. The van der Waals surface area contributed by atoms with E-state index < -0.39 is 0 Å². The molecular formula is C18H18NO2+. The zero-order valence-electron chi connectivity index (χ0n) is 12.0. The first-order valence-electron chi connectivity index (χ1n) is 7.01. The molecule has 0 atom stereocenters. The van der Waals surface area contributed by atoms with E-state index in [1.54, 1.807) is 19.2 Å². The molecule has 0 unspecified atom stereocenters. The monoisotopic (exact) mass is 280 g/mol. The minimum Gasteiger partial charge on any atom is -0.508 e. The summed E-state index contributed by atoms with van der Waals surface area (Å²) in [5.41, 5.74) is 4.70. The summed E-state index contributed by atoms with van der Waals surface area (Å²) < 4.78 is 5.28. The zero-order valence-corrected chi connectivity index (χ0v) is 12.0. The number of phenolic OH excluding ortho intramolecular Hbond substituents is 1. The Kier molecular flexibility index (Phi) is 3.73. The summed E-state index contributed by atoms with van der Waals surface area (Å²) in [5, 5.41) is 9.30. The van der Waals surface area contributed by atoms with Crippen molar-refractivity contribution in [2.45, 2.75) is 6.42 Å². The minimum absolute atomic E-state index is 0.285. The average Bonchev–Trinajstić information content (AvgIpc) is 2.53. The Balaban J connectivity index is 1.87. The van der Waals surface area contributed by atoms with Crippen LogP contribution in [0.2, 0.25) is 0 Å². The lowest BCUT2D eigenvalue weighted by atomic mass is 9.96.